The van der Waals surface area contributed by atoms with Gasteiger partial charge in [-0.15, -0.1) is 0 Å². The van der Waals surface area contributed by atoms with Gasteiger partial charge in [-0.2, -0.15) is 13.2 Å². The Hall–Kier alpha value is -1.77. The van der Waals surface area contributed by atoms with Gasteiger partial charge in [-0.25, -0.2) is 8.42 Å². The molecule has 1 fully saturated rings. The summed E-state index contributed by atoms with van der Waals surface area (Å²) >= 11 is 5.79. The number of anilines is 1. The predicted molar refractivity (Wildman–Crippen MR) is 104 cm³/mol. The van der Waals surface area contributed by atoms with E-state index in [2.05, 4.69) is 0 Å². The summed E-state index contributed by atoms with van der Waals surface area (Å²) in [4.78, 5) is 4.14. The zero-order valence-electron chi connectivity index (χ0n) is 15.0. The maximum Gasteiger partial charge on any atom is 0.416 e. The summed E-state index contributed by atoms with van der Waals surface area (Å²) in [6.45, 7) is 2.64. The Kier molecular flexibility index (Phi) is 6.21. The molecule has 0 aromatic heterocycles. The number of piperazine rings is 1. The van der Waals surface area contributed by atoms with Gasteiger partial charge in [-0.3, -0.25) is 4.90 Å². The Labute approximate surface area is 167 Å². The first-order chi connectivity index (χ1) is 13.1. The molecule has 0 aliphatic carbocycles. The van der Waals surface area contributed by atoms with E-state index in [0.29, 0.717) is 43.4 Å². The van der Waals surface area contributed by atoms with E-state index in [0.717, 1.165) is 12.1 Å². The zero-order valence-corrected chi connectivity index (χ0v) is 16.6. The number of hydrogen-bond acceptors (Lipinski definition) is 4. The smallest absolute Gasteiger partial charge is 0.369 e. The first kappa shape index (κ1) is 21.0. The molecule has 0 atom stereocenters. The third-order valence-corrected chi connectivity index (χ3v) is 6.72. The van der Waals surface area contributed by atoms with Gasteiger partial charge in [0, 0.05) is 43.4 Å². The lowest BCUT2D eigenvalue weighted by Gasteiger charge is -2.36. The molecule has 1 aliphatic rings. The number of sulfone groups is 1. The van der Waals surface area contributed by atoms with E-state index in [4.69, 9.17) is 11.6 Å². The van der Waals surface area contributed by atoms with Crippen LogP contribution in [0.1, 0.15) is 5.56 Å². The van der Waals surface area contributed by atoms with Crippen molar-refractivity contribution in [2.24, 2.45) is 0 Å². The number of alkyl halides is 3. The standard InChI is InChI=1S/C19H20ClF3N2O2S/c20-16-4-6-18(7-5-16)28(26,27)13-12-24-8-10-25(11-9-24)17-3-1-2-15(14-17)19(21,22)23/h1-7,14H,8-13H2. The van der Waals surface area contributed by atoms with E-state index in [1.165, 1.54) is 18.2 Å². The number of rotatable bonds is 5. The molecule has 2 aromatic rings. The molecule has 0 bridgehead atoms. The summed E-state index contributed by atoms with van der Waals surface area (Å²) in [6, 6.07) is 11.3. The molecule has 0 radical (unpaired) electrons. The molecule has 28 heavy (non-hydrogen) atoms. The summed E-state index contributed by atoms with van der Waals surface area (Å²) < 4.78 is 63.5. The first-order valence-corrected chi connectivity index (χ1v) is 10.8. The highest BCUT2D eigenvalue weighted by Gasteiger charge is 2.31. The van der Waals surface area contributed by atoms with Crippen molar-refractivity contribution < 1.29 is 21.6 Å². The van der Waals surface area contributed by atoms with Crippen molar-refractivity contribution in [3.05, 3.63) is 59.1 Å². The number of nitrogens with zero attached hydrogens (tertiary/aromatic N) is 2. The van der Waals surface area contributed by atoms with E-state index in [9.17, 15) is 21.6 Å². The van der Waals surface area contributed by atoms with E-state index in [1.54, 1.807) is 18.2 Å². The third-order valence-electron chi connectivity index (χ3n) is 4.76. The fraction of sp³-hybridized carbons (Fsp3) is 0.368. The fourth-order valence-corrected chi connectivity index (χ4v) is 4.53. The van der Waals surface area contributed by atoms with Crippen LogP contribution in [-0.4, -0.2) is 51.8 Å². The molecular weight excluding hydrogens is 413 g/mol. The van der Waals surface area contributed by atoms with Gasteiger partial charge >= 0.3 is 6.18 Å². The van der Waals surface area contributed by atoms with Gasteiger partial charge in [-0.05, 0) is 42.5 Å². The van der Waals surface area contributed by atoms with Crippen LogP contribution in [0.15, 0.2) is 53.4 Å². The Morgan fingerprint density at radius 2 is 1.61 bits per heavy atom. The summed E-state index contributed by atoms with van der Waals surface area (Å²) in [5.41, 5.74) is -0.134. The van der Waals surface area contributed by atoms with Gasteiger partial charge < -0.3 is 4.90 Å². The Bertz CT molecular complexity index is 910. The normalized spacial score (nSPS) is 16.4. The number of hydrogen-bond donors (Lipinski definition) is 0. The molecule has 0 saturated carbocycles. The quantitative estimate of drug-likeness (QED) is 0.717. The van der Waals surface area contributed by atoms with Crippen LogP contribution >= 0.6 is 11.6 Å². The fourth-order valence-electron chi connectivity index (χ4n) is 3.12. The maximum atomic E-state index is 12.9. The molecule has 4 nitrogen and oxygen atoms in total. The number of benzene rings is 2. The second kappa shape index (κ2) is 8.31. The summed E-state index contributed by atoms with van der Waals surface area (Å²) in [6.07, 6.45) is -4.37. The monoisotopic (exact) mass is 432 g/mol. The predicted octanol–water partition coefficient (Wildman–Crippen LogP) is 3.95. The van der Waals surface area contributed by atoms with Gasteiger partial charge in [-0.1, -0.05) is 17.7 Å². The summed E-state index contributed by atoms with van der Waals surface area (Å²) in [5, 5.41) is 0.477. The third kappa shape index (κ3) is 5.18. The molecule has 0 amide bonds. The lowest BCUT2D eigenvalue weighted by molar-refractivity contribution is -0.137. The molecule has 9 heteroatoms. The summed E-state index contributed by atoms with van der Waals surface area (Å²) in [5.74, 6) is -0.0157. The van der Waals surface area contributed by atoms with Gasteiger partial charge in [0.05, 0.1) is 16.2 Å². The average Bonchev–Trinajstić information content (AvgIpc) is 2.67. The average molecular weight is 433 g/mol. The lowest BCUT2D eigenvalue weighted by Crippen LogP contribution is -2.47. The second-order valence-corrected chi connectivity index (χ2v) is 9.20. The van der Waals surface area contributed by atoms with Crippen molar-refractivity contribution in [3.63, 3.8) is 0 Å². The SMILES string of the molecule is O=S(=O)(CCN1CCN(c2cccc(C(F)(F)F)c2)CC1)c1ccc(Cl)cc1. The minimum Gasteiger partial charge on any atom is -0.369 e. The molecular formula is C19H20ClF3N2O2S. The van der Waals surface area contributed by atoms with Gasteiger partial charge in [0.25, 0.3) is 0 Å². The highest BCUT2D eigenvalue weighted by molar-refractivity contribution is 7.91. The van der Waals surface area contributed by atoms with E-state index < -0.39 is 21.6 Å². The highest BCUT2D eigenvalue weighted by Crippen LogP contribution is 2.31. The van der Waals surface area contributed by atoms with Crippen molar-refractivity contribution in [1.82, 2.24) is 4.90 Å². The first-order valence-electron chi connectivity index (χ1n) is 8.78. The van der Waals surface area contributed by atoms with Crippen LogP contribution in [0.3, 0.4) is 0 Å². The van der Waals surface area contributed by atoms with E-state index >= 15 is 0 Å². The molecule has 0 N–H and O–H groups in total. The van der Waals surface area contributed by atoms with Crippen molar-refractivity contribution >= 4 is 27.1 Å². The number of halogens is 4. The molecule has 0 unspecified atom stereocenters. The zero-order chi connectivity index (χ0) is 20.4. The van der Waals surface area contributed by atoms with Crippen molar-refractivity contribution in [2.75, 3.05) is 43.4 Å². The largest absolute Gasteiger partial charge is 0.416 e. The van der Waals surface area contributed by atoms with Gasteiger partial charge in [0.15, 0.2) is 9.84 Å². The van der Waals surface area contributed by atoms with Crippen molar-refractivity contribution in [3.8, 4) is 0 Å². The van der Waals surface area contributed by atoms with Crippen LogP contribution in [-0.2, 0) is 16.0 Å². The van der Waals surface area contributed by atoms with Crippen molar-refractivity contribution in [2.45, 2.75) is 11.1 Å². The minimum atomic E-state index is -4.37. The van der Waals surface area contributed by atoms with E-state index in [1.807, 2.05) is 9.80 Å². The Balaban J connectivity index is 1.55. The van der Waals surface area contributed by atoms with Crippen LogP contribution < -0.4 is 4.90 Å². The second-order valence-electron chi connectivity index (χ2n) is 6.65. The molecule has 0 spiro atoms. The molecule has 3 rings (SSSR count). The topological polar surface area (TPSA) is 40.6 Å². The highest BCUT2D eigenvalue weighted by atomic mass is 35.5. The molecule has 2 aromatic carbocycles. The Morgan fingerprint density at radius 1 is 0.964 bits per heavy atom. The molecule has 1 aliphatic heterocycles. The molecule has 1 saturated heterocycles. The molecule has 1 heterocycles. The van der Waals surface area contributed by atoms with E-state index in [-0.39, 0.29) is 10.6 Å². The van der Waals surface area contributed by atoms with Crippen LogP contribution in [0.25, 0.3) is 0 Å². The van der Waals surface area contributed by atoms with Crippen LogP contribution in [0.4, 0.5) is 18.9 Å². The minimum absolute atomic E-state index is 0.0157. The van der Waals surface area contributed by atoms with Gasteiger partial charge in [0.2, 0.25) is 0 Å². The van der Waals surface area contributed by atoms with Crippen LogP contribution in [0, 0.1) is 0 Å². The Morgan fingerprint density at radius 3 is 2.21 bits per heavy atom. The maximum absolute atomic E-state index is 12.9. The van der Waals surface area contributed by atoms with Crippen molar-refractivity contribution in [1.29, 1.82) is 0 Å². The molecule has 152 valence electrons. The van der Waals surface area contributed by atoms with Crippen LogP contribution in [0.2, 0.25) is 5.02 Å². The lowest BCUT2D eigenvalue weighted by atomic mass is 10.1. The summed E-state index contributed by atoms with van der Waals surface area (Å²) in [7, 11) is -3.40. The van der Waals surface area contributed by atoms with Crippen LogP contribution in [0.5, 0.6) is 0 Å². The van der Waals surface area contributed by atoms with Gasteiger partial charge in [0.1, 0.15) is 0 Å².